The molecule has 0 saturated heterocycles. The lowest BCUT2D eigenvalue weighted by molar-refractivity contribution is -0.384. The number of nitro groups is 1. The molecule has 7 heteroatoms. The Morgan fingerprint density at radius 2 is 1.94 bits per heavy atom. The lowest BCUT2D eigenvalue weighted by Crippen LogP contribution is -2.11. The van der Waals surface area contributed by atoms with Crippen LogP contribution in [0.1, 0.15) is 12.5 Å². The van der Waals surface area contributed by atoms with Gasteiger partial charge in [0.15, 0.2) is 0 Å². The van der Waals surface area contributed by atoms with E-state index >= 15 is 0 Å². The third kappa shape index (κ3) is 3.47. The van der Waals surface area contributed by atoms with Crippen molar-refractivity contribution < 1.29 is 22.8 Å². The van der Waals surface area contributed by atoms with Gasteiger partial charge in [0, 0.05) is 12.1 Å². The highest BCUT2D eigenvalue weighted by molar-refractivity contribution is 5.69. The van der Waals surface area contributed by atoms with Gasteiger partial charge in [-0.25, -0.2) is 0 Å². The predicted molar refractivity (Wildman–Crippen MR) is 58.8 cm³/mol. The fourth-order valence-electron chi connectivity index (χ4n) is 1.23. The van der Waals surface area contributed by atoms with Crippen LogP contribution in [0, 0.1) is 10.1 Å². The molecule has 0 aliphatic rings. The monoisotopic (exact) mass is 261 g/mol. The Balaban J connectivity index is 3.11. The molecular weight excluding hydrogens is 251 g/mol. The summed E-state index contributed by atoms with van der Waals surface area (Å²) in [6.07, 6.45) is -3.97. The summed E-state index contributed by atoms with van der Waals surface area (Å²) in [7, 11) is 0. The maximum atomic E-state index is 12.7. The van der Waals surface area contributed by atoms with E-state index in [2.05, 4.69) is 4.74 Å². The van der Waals surface area contributed by atoms with Gasteiger partial charge >= 0.3 is 6.18 Å². The maximum Gasteiger partial charge on any atom is 0.419 e. The van der Waals surface area contributed by atoms with Crippen molar-refractivity contribution in [3.05, 3.63) is 46.2 Å². The zero-order valence-corrected chi connectivity index (χ0v) is 9.40. The zero-order valence-electron chi connectivity index (χ0n) is 9.40. The second-order valence-electron chi connectivity index (χ2n) is 3.29. The van der Waals surface area contributed by atoms with Crippen LogP contribution in [0.5, 0.6) is 0 Å². The molecule has 0 spiro atoms. The molecule has 0 atom stereocenters. The molecular formula is C11H10F3NO3. The van der Waals surface area contributed by atoms with E-state index < -0.39 is 16.7 Å². The van der Waals surface area contributed by atoms with Gasteiger partial charge in [0.1, 0.15) is 0 Å². The highest BCUT2D eigenvalue weighted by Gasteiger charge is 2.35. The van der Waals surface area contributed by atoms with Crippen molar-refractivity contribution >= 4 is 11.3 Å². The van der Waals surface area contributed by atoms with E-state index in [-0.39, 0.29) is 17.9 Å². The third-order valence-electron chi connectivity index (χ3n) is 2.06. The predicted octanol–water partition coefficient (Wildman–Crippen LogP) is 3.53. The normalized spacial score (nSPS) is 12.3. The van der Waals surface area contributed by atoms with Crippen LogP contribution in [0.15, 0.2) is 30.5 Å². The summed E-state index contributed by atoms with van der Waals surface area (Å²) in [5.41, 5.74) is -1.42. The molecule has 98 valence electrons. The molecule has 0 heterocycles. The molecule has 0 fully saturated rings. The van der Waals surface area contributed by atoms with E-state index in [0.29, 0.717) is 6.26 Å². The standard InChI is InChI=1S/C11H10F3NO3/c1-2-18-7-10(11(12,13)14)8-3-5-9(6-4-8)15(16)17/h3-7H,2H2,1H3/b10-7+. The number of nitrogens with zero attached hydrogens (tertiary/aromatic N) is 1. The lowest BCUT2D eigenvalue weighted by atomic mass is 10.1. The van der Waals surface area contributed by atoms with Crippen LogP contribution >= 0.6 is 0 Å². The largest absolute Gasteiger partial charge is 0.501 e. The highest BCUT2D eigenvalue weighted by atomic mass is 19.4. The number of nitro benzene ring substituents is 1. The van der Waals surface area contributed by atoms with E-state index in [1.165, 1.54) is 0 Å². The van der Waals surface area contributed by atoms with Crippen molar-refractivity contribution in [3.8, 4) is 0 Å². The zero-order chi connectivity index (χ0) is 13.8. The van der Waals surface area contributed by atoms with Gasteiger partial charge in [-0.3, -0.25) is 10.1 Å². The van der Waals surface area contributed by atoms with E-state index in [0.717, 1.165) is 24.3 Å². The summed E-state index contributed by atoms with van der Waals surface area (Å²) in [6, 6.07) is 4.11. The van der Waals surface area contributed by atoms with Gasteiger partial charge in [-0.1, -0.05) is 0 Å². The Labute approximate surface area is 101 Å². The number of non-ortho nitro benzene ring substituents is 1. The smallest absolute Gasteiger partial charge is 0.419 e. The number of benzene rings is 1. The molecule has 18 heavy (non-hydrogen) atoms. The van der Waals surface area contributed by atoms with Crippen LogP contribution in [0.3, 0.4) is 0 Å². The maximum absolute atomic E-state index is 12.7. The molecule has 0 bridgehead atoms. The van der Waals surface area contributed by atoms with Crippen molar-refractivity contribution in [3.63, 3.8) is 0 Å². The van der Waals surface area contributed by atoms with Crippen molar-refractivity contribution in [1.82, 2.24) is 0 Å². The van der Waals surface area contributed by atoms with Gasteiger partial charge in [-0.05, 0) is 24.6 Å². The van der Waals surface area contributed by atoms with Crippen LogP contribution in [-0.2, 0) is 4.74 Å². The molecule has 0 aliphatic heterocycles. The molecule has 1 aromatic carbocycles. The Morgan fingerprint density at radius 3 is 2.33 bits per heavy atom. The van der Waals surface area contributed by atoms with E-state index in [1.54, 1.807) is 6.92 Å². The SMILES string of the molecule is CCO/C=C(\c1ccc([N+](=O)[O-])cc1)C(F)(F)F. The summed E-state index contributed by atoms with van der Waals surface area (Å²) in [5.74, 6) is 0. The first kappa shape index (κ1) is 14.0. The summed E-state index contributed by atoms with van der Waals surface area (Å²) >= 11 is 0. The summed E-state index contributed by atoms with van der Waals surface area (Å²) < 4.78 is 42.8. The van der Waals surface area contributed by atoms with Gasteiger partial charge < -0.3 is 4.74 Å². The van der Waals surface area contributed by atoms with E-state index in [9.17, 15) is 23.3 Å². The lowest BCUT2D eigenvalue weighted by Gasteiger charge is -2.11. The number of hydrogen-bond donors (Lipinski definition) is 0. The number of allylic oxidation sites excluding steroid dienone is 1. The van der Waals surface area contributed by atoms with Crippen molar-refractivity contribution in [2.24, 2.45) is 0 Å². The second kappa shape index (κ2) is 5.52. The summed E-state index contributed by atoms with van der Waals surface area (Å²) in [5, 5.41) is 10.4. The van der Waals surface area contributed by atoms with Crippen molar-refractivity contribution in [2.45, 2.75) is 13.1 Å². The van der Waals surface area contributed by atoms with Gasteiger partial charge in [-0.2, -0.15) is 13.2 Å². The highest BCUT2D eigenvalue weighted by Crippen LogP contribution is 2.34. The molecule has 1 aromatic rings. The minimum Gasteiger partial charge on any atom is -0.501 e. The van der Waals surface area contributed by atoms with Crippen LogP contribution in [0.25, 0.3) is 5.57 Å². The summed E-state index contributed by atoms with van der Waals surface area (Å²) in [6.45, 7) is 1.66. The molecule has 0 unspecified atom stereocenters. The van der Waals surface area contributed by atoms with E-state index in [1.807, 2.05) is 0 Å². The third-order valence-corrected chi connectivity index (χ3v) is 2.06. The Morgan fingerprint density at radius 1 is 1.39 bits per heavy atom. The molecule has 4 nitrogen and oxygen atoms in total. The Kier molecular flexibility index (Phi) is 4.30. The number of ether oxygens (including phenoxy) is 1. The molecule has 0 aromatic heterocycles. The first-order chi connectivity index (χ1) is 8.36. The average Bonchev–Trinajstić information content (AvgIpc) is 2.28. The van der Waals surface area contributed by atoms with Crippen LogP contribution in [0.4, 0.5) is 18.9 Å². The number of rotatable bonds is 4. The number of halogens is 3. The van der Waals surface area contributed by atoms with Gasteiger partial charge in [-0.15, -0.1) is 0 Å². The Bertz CT molecular complexity index is 452. The van der Waals surface area contributed by atoms with Crippen molar-refractivity contribution in [2.75, 3.05) is 6.61 Å². The number of hydrogen-bond acceptors (Lipinski definition) is 3. The first-order valence-electron chi connectivity index (χ1n) is 5.00. The molecule has 0 aliphatic carbocycles. The van der Waals surface area contributed by atoms with Crippen LogP contribution in [-0.4, -0.2) is 17.7 Å². The molecule has 0 N–H and O–H groups in total. The van der Waals surface area contributed by atoms with Crippen molar-refractivity contribution in [1.29, 1.82) is 0 Å². The Hall–Kier alpha value is -2.05. The van der Waals surface area contributed by atoms with Gasteiger partial charge in [0.2, 0.25) is 0 Å². The molecule has 1 rings (SSSR count). The van der Waals surface area contributed by atoms with Gasteiger partial charge in [0.25, 0.3) is 5.69 Å². The fourth-order valence-corrected chi connectivity index (χ4v) is 1.23. The molecule has 0 radical (unpaired) electrons. The average molecular weight is 261 g/mol. The topological polar surface area (TPSA) is 52.4 Å². The van der Waals surface area contributed by atoms with Gasteiger partial charge in [0.05, 0.1) is 23.4 Å². The number of alkyl halides is 3. The van der Waals surface area contributed by atoms with Crippen LogP contribution in [0.2, 0.25) is 0 Å². The fraction of sp³-hybridized carbons (Fsp3) is 0.273. The quantitative estimate of drug-likeness (QED) is 0.473. The van der Waals surface area contributed by atoms with E-state index in [4.69, 9.17) is 0 Å². The molecule has 0 saturated carbocycles. The summed E-state index contributed by atoms with van der Waals surface area (Å²) in [4.78, 5) is 9.72. The second-order valence-corrected chi connectivity index (χ2v) is 3.29. The minimum atomic E-state index is -4.58. The first-order valence-corrected chi connectivity index (χ1v) is 5.00. The minimum absolute atomic E-state index is 0.104. The van der Waals surface area contributed by atoms with Crippen LogP contribution < -0.4 is 0 Å². The molecule has 0 amide bonds.